The second-order valence-electron chi connectivity index (χ2n) is 3.29. The van der Waals surface area contributed by atoms with E-state index >= 15 is 0 Å². The van der Waals surface area contributed by atoms with E-state index < -0.39 is 0 Å². The molecule has 0 aliphatic heterocycles. The zero-order chi connectivity index (χ0) is 11.1. The van der Waals surface area contributed by atoms with Crippen LogP contribution in [0.4, 0.5) is 0 Å². The average Bonchev–Trinajstić information content (AvgIpc) is 2.22. The van der Waals surface area contributed by atoms with Crippen molar-refractivity contribution < 1.29 is 0 Å². The van der Waals surface area contributed by atoms with Gasteiger partial charge in [-0.05, 0) is 25.7 Å². The molecule has 0 unspecified atom stereocenters. The lowest BCUT2D eigenvalue weighted by Gasteiger charge is -1.91. The molecule has 0 aromatic rings. The van der Waals surface area contributed by atoms with E-state index in [4.69, 9.17) is 0 Å². The van der Waals surface area contributed by atoms with E-state index in [1.807, 2.05) is 18.2 Å². The molecule has 0 fully saturated rings. The lowest BCUT2D eigenvalue weighted by molar-refractivity contribution is 0.675. The van der Waals surface area contributed by atoms with Gasteiger partial charge in [0.15, 0.2) is 0 Å². The molecule has 0 aromatic heterocycles. The smallest absolute Gasteiger partial charge is 0.0319 e. The van der Waals surface area contributed by atoms with Gasteiger partial charge >= 0.3 is 0 Å². The molecule has 0 saturated heterocycles. The molecule has 14 heavy (non-hydrogen) atoms. The van der Waals surface area contributed by atoms with Gasteiger partial charge in [0.05, 0.1) is 0 Å². The molecule has 0 aliphatic carbocycles. The van der Waals surface area contributed by atoms with Gasteiger partial charge in [0.25, 0.3) is 0 Å². The van der Waals surface area contributed by atoms with E-state index in [1.165, 1.54) is 32.1 Å². The van der Waals surface area contributed by atoms with Crippen LogP contribution in [0.1, 0.15) is 51.9 Å². The van der Waals surface area contributed by atoms with E-state index in [0.29, 0.717) is 0 Å². The van der Waals surface area contributed by atoms with Gasteiger partial charge in [-0.15, -0.1) is 19.7 Å². The van der Waals surface area contributed by atoms with E-state index in [9.17, 15) is 0 Å². The minimum atomic E-state index is 1.06. The molecule has 0 radical (unpaired) electrons. The molecule has 0 amide bonds. The summed E-state index contributed by atoms with van der Waals surface area (Å²) in [6.45, 7) is 13.0. The Kier molecular flexibility index (Phi) is 20.3. The van der Waals surface area contributed by atoms with Crippen LogP contribution >= 0.6 is 0 Å². The molecule has 0 saturated carbocycles. The zero-order valence-corrected chi connectivity index (χ0v) is 9.80. The summed E-state index contributed by atoms with van der Waals surface area (Å²) in [5.74, 6) is 0. The minimum Gasteiger partial charge on any atom is -0.103 e. The summed E-state index contributed by atoms with van der Waals surface area (Å²) in [5.41, 5.74) is 0. The highest BCUT2D eigenvalue weighted by Gasteiger charge is 1.81. The Hall–Kier alpha value is -0.780. The maximum Gasteiger partial charge on any atom is -0.0319 e. The maximum absolute atomic E-state index is 3.66. The molecule has 0 heteroatoms. The van der Waals surface area contributed by atoms with Crippen molar-refractivity contribution in [1.82, 2.24) is 0 Å². The number of hydrogen-bond donors (Lipinski definition) is 0. The molecule has 82 valence electrons. The highest BCUT2D eigenvalue weighted by Crippen LogP contribution is 2.01. The third-order valence-corrected chi connectivity index (χ3v) is 1.84. The topological polar surface area (TPSA) is 0 Å². The quantitative estimate of drug-likeness (QED) is 0.364. The summed E-state index contributed by atoms with van der Waals surface area (Å²) in [4.78, 5) is 0. The number of unbranched alkanes of at least 4 members (excludes halogenated alkanes) is 5. The monoisotopic (exact) mass is 194 g/mol. The molecule has 0 nitrogen and oxygen atoms in total. The van der Waals surface area contributed by atoms with Crippen molar-refractivity contribution in [3.8, 4) is 0 Å². The Bertz CT molecular complexity index is 114. The fourth-order valence-electron chi connectivity index (χ4n) is 0.951. The summed E-state index contributed by atoms with van der Waals surface area (Å²) in [7, 11) is 0. The molecule has 0 aliphatic rings. The fraction of sp³-hybridized carbons (Fsp3) is 0.571. The van der Waals surface area contributed by atoms with Crippen LogP contribution in [0.15, 0.2) is 38.0 Å². The van der Waals surface area contributed by atoms with Crippen molar-refractivity contribution in [2.24, 2.45) is 0 Å². The first-order valence-electron chi connectivity index (χ1n) is 5.66. The minimum absolute atomic E-state index is 1.06. The third-order valence-electron chi connectivity index (χ3n) is 1.84. The van der Waals surface area contributed by atoms with Crippen LogP contribution in [0.5, 0.6) is 0 Å². The van der Waals surface area contributed by atoms with Crippen LogP contribution < -0.4 is 0 Å². The first-order chi connectivity index (χ1) is 6.83. The SMILES string of the molecule is C=CCCC=C.C=CCCCCCC. The van der Waals surface area contributed by atoms with Crippen LogP contribution in [0.25, 0.3) is 0 Å². The summed E-state index contributed by atoms with van der Waals surface area (Å²) in [6, 6.07) is 0. The van der Waals surface area contributed by atoms with Crippen molar-refractivity contribution >= 4 is 0 Å². The van der Waals surface area contributed by atoms with Crippen LogP contribution in [0.2, 0.25) is 0 Å². The summed E-state index contributed by atoms with van der Waals surface area (Å²) in [5, 5.41) is 0. The Morgan fingerprint density at radius 3 is 1.57 bits per heavy atom. The maximum atomic E-state index is 3.66. The van der Waals surface area contributed by atoms with Crippen molar-refractivity contribution in [3.05, 3.63) is 38.0 Å². The first kappa shape index (κ1) is 15.7. The van der Waals surface area contributed by atoms with Gasteiger partial charge in [-0.1, -0.05) is 44.4 Å². The number of allylic oxidation sites excluding steroid dienone is 3. The largest absolute Gasteiger partial charge is 0.103 e. The highest BCUT2D eigenvalue weighted by molar-refractivity contribution is 4.74. The van der Waals surface area contributed by atoms with Gasteiger partial charge in [-0.2, -0.15) is 0 Å². The van der Waals surface area contributed by atoms with Crippen molar-refractivity contribution in [3.63, 3.8) is 0 Å². The van der Waals surface area contributed by atoms with E-state index in [2.05, 4.69) is 26.7 Å². The summed E-state index contributed by atoms with van der Waals surface area (Å²) in [6.07, 6.45) is 14.5. The zero-order valence-electron chi connectivity index (χ0n) is 9.80. The highest BCUT2D eigenvalue weighted by atomic mass is 13.9. The Morgan fingerprint density at radius 2 is 1.21 bits per heavy atom. The molecular weight excluding hydrogens is 168 g/mol. The molecule has 0 heterocycles. The first-order valence-corrected chi connectivity index (χ1v) is 5.66. The Labute approximate surface area is 90.4 Å². The van der Waals surface area contributed by atoms with Gasteiger partial charge in [0.1, 0.15) is 0 Å². The van der Waals surface area contributed by atoms with Crippen LogP contribution in [-0.4, -0.2) is 0 Å². The second kappa shape index (κ2) is 18.1. The average molecular weight is 194 g/mol. The molecule has 0 aromatic carbocycles. The normalized spacial score (nSPS) is 8.36. The van der Waals surface area contributed by atoms with Crippen molar-refractivity contribution in [1.29, 1.82) is 0 Å². The summed E-state index contributed by atoms with van der Waals surface area (Å²) >= 11 is 0. The standard InChI is InChI=1S/C8H16.C6H10/c1-3-5-7-8-6-4-2;1-3-5-6-4-2/h3H,1,4-8H2,2H3;3-4H,1-2,5-6H2. The molecule has 0 spiro atoms. The molecule has 0 rings (SSSR count). The van der Waals surface area contributed by atoms with E-state index in [0.717, 1.165) is 12.8 Å². The number of hydrogen-bond acceptors (Lipinski definition) is 0. The fourth-order valence-corrected chi connectivity index (χ4v) is 0.951. The Morgan fingerprint density at radius 1 is 0.714 bits per heavy atom. The van der Waals surface area contributed by atoms with Gasteiger partial charge in [-0.3, -0.25) is 0 Å². The van der Waals surface area contributed by atoms with Crippen LogP contribution in [-0.2, 0) is 0 Å². The molecule has 0 N–H and O–H groups in total. The second-order valence-corrected chi connectivity index (χ2v) is 3.29. The van der Waals surface area contributed by atoms with Crippen LogP contribution in [0.3, 0.4) is 0 Å². The molecule has 0 atom stereocenters. The third kappa shape index (κ3) is 22.5. The van der Waals surface area contributed by atoms with Gasteiger partial charge in [0, 0.05) is 0 Å². The van der Waals surface area contributed by atoms with E-state index in [-0.39, 0.29) is 0 Å². The van der Waals surface area contributed by atoms with Gasteiger partial charge in [-0.25, -0.2) is 0 Å². The van der Waals surface area contributed by atoms with E-state index in [1.54, 1.807) is 0 Å². The predicted octanol–water partition coefficient (Wildman–Crippen LogP) is 5.28. The molecule has 0 bridgehead atoms. The van der Waals surface area contributed by atoms with Crippen LogP contribution in [0, 0.1) is 0 Å². The lowest BCUT2D eigenvalue weighted by Crippen LogP contribution is -1.71. The summed E-state index contributed by atoms with van der Waals surface area (Å²) < 4.78 is 0. The van der Waals surface area contributed by atoms with Gasteiger partial charge in [0.2, 0.25) is 0 Å². The lowest BCUT2D eigenvalue weighted by atomic mass is 10.2. The molecular formula is C14H26. The Balaban J connectivity index is 0. The van der Waals surface area contributed by atoms with Crippen molar-refractivity contribution in [2.75, 3.05) is 0 Å². The van der Waals surface area contributed by atoms with Crippen molar-refractivity contribution in [2.45, 2.75) is 51.9 Å². The van der Waals surface area contributed by atoms with Gasteiger partial charge < -0.3 is 0 Å². The number of rotatable bonds is 8. The predicted molar refractivity (Wildman–Crippen MR) is 68.6 cm³/mol.